The van der Waals surface area contributed by atoms with Gasteiger partial charge in [-0.2, -0.15) is 0 Å². The Hall–Kier alpha value is -1.05. The van der Waals surface area contributed by atoms with Crippen LogP contribution in [0.2, 0.25) is 0 Å². The van der Waals surface area contributed by atoms with Gasteiger partial charge in [-0.25, -0.2) is 4.39 Å². The molecule has 1 aromatic carbocycles. The number of nitrogens with one attached hydrogen (secondary N) is 1. The second-order valence-electron chi connectivity index (χ2n) is 4.17. The fraction of sp³-hybridized carbons (Fsp3) is 0.455. The molecule has 2 heteroatoms. The summed E-state index contributed by atoms with van der Waals surface area (Å²) in [5.74, 6) is -0.141. The highest BCUT2D eigenvalue weighted by molar-refractivity contribution is 5.48. The van der Waals surface area contributed by atoms with E-state index >= 15 is 0 Å². The highest BCUT2D eigenvalue weighted by Gasteiger charge is 2.19. The van der Waals surface area contributed by atoms with Gasteiger partial charge in [0.15, 0.2) is 0 Å². The molecule has 1 N–H and O–H groups in total. The highest BCUT2D eigenvalue weighted by atomic mass is 19.1. The van der Waals surface area contributed by atoms with Crippen molar-refractivity contribution in [3.63, 3.8) is 0 Å². The van der Waals surface area contributed by atoms with Crippen molar-refractivity contribution in [1.29, 1.82) is 0 Å². The van der Waals surface area contributed by atoms with Gasteiger partial charge >= 0.3 is 0 Å². The van der Waals surface area contributed by atoms with E-state index in [1.807, 2.05) is 32.9 Å². The van der Waals surface area contributed by atoms with Crippen molar-refractivity contribution >= 4 is 5.69 Å². The SMILES string of the molecule is CNc1cccc(C(C)(C)C)c1F. The third kappa shape index (κ3) is 2.00. The summed E-state index contributed by atoms with van der Waals surface area (Å²) in [6.07, 6.45) is 0. The second-order valence-corrected chi connectivity index (χ2v) is 4.17. The summed E-state index contributed by atoms with van der Waals surface area (Å²) >= 11 is 0. The molecule has 0 heterocycles. The molecule has 0 unspecified atom stereocenters. The molecule has 1 aromatic rings. The zero-order valence-corrected chi connectivity index (χ0v) is 8.61. The molecule has 0 fully saturated rings. The Morgan fingerprint density at radius 2 is 1.85 bits per heavy atom. The van der Waals surface area contributed by atoms with E-state index in [9.17, 15) is 4.39 Å². The van der Waals surface area contributed by atoms with Crippen molar-refractivity contribution in [3.8, 4) is 0 Å². The molecular weight excluding hydrogens is 165 g/mol. The zero-order valence-electron chi connectivity index (χ0n) is 8.61. The Balaban J connectivity index is 3.24. The Labute approximate surface area is 79.0 Å². The quantitative estimate of drug-likeness (QED) is 0.701. The predicted molar refractivity (Wildman–Crippen MR) is 54.6 cm³/mol. The molecule has 0 aliphatic heterocycles. The van der Waals surface area contributed by atoms with Gasteiger partial charge in [0.05, 0.1) is 5.69 Å². The molecule has 0 aliphatic rings. The van der Waals surface area contributed by atoms with E-state index in [4.69, 9.17) is 0 Å². The molecule has 0 bridgehead atoms. The van der Waals surface area contributed by atoms with Crippen molar-refractivity contribution in [2.75, 3.05) is 12.4 Å². The van der Waals surface area contributed by atoms with Crippen LogP contribution < -0.4 is 5.32 Å². The lowest BCUT2D eigenvalue weighted by Crippen LogP contribution is -2.14. The largest absolute Gasteiger partial charge is 0.386 e. The van der Waals surface area contributed by atoms with Gasteiger partial charge < -0.3 is 5.32 Å². The first kappa shape index (κ1) is 10.0. The Morgan fingerprint density at radius 3 is 2.31 bits per heavy atom. The number of anilines is 1. The average molecular weight is 181 g/mol. The summed E-state index contributed by atoms with van der Waals surface area (Å²) in [4.78, 5) is 0. The molecule has 0 saturated heterocycles. The van der Waals surface area contributed by atoms with Crippen molar-refractivity contribution < 1.29 is 4.39 Å². The summed E-state index contributed by atoms with van der Waals surface area (Å²) in [5, 5.41) is 2.83. The molecule has 1 nitrogen and oxygen atoms in total. The number of hydrogen-bond donors (Lipinski definition) is 1. The molecule has 0 saturated carbocycles. The number of benzene rings is 1. The van der Waals surface area contributed by atoms with Crippen LogP contribution in [-0.4, -0.2) is 7.05 Å². The lowest BCUT2D eigenvalue weighted by atomic mass is 9.86. The molecule has 0 spiro atoms. The van der Waals surface area contributed by atoms with E-state index in [-0.39, 0.29) is 11.2 Å². The Bertz CT molecular complexity index is 299. The molecule has 0 radical (unpaired) electrons. The van der Waals surface area contributed by atoms with Gasteiger partial charge in [0, 0.05) is 7.05 Å². The van der Waals surface area contributed by atoms with Gasteiger partial charge in [0.1, 0.15) is 5.82 Å². The molecule has 0 aliphatic carbocycles. The second kappa shape index (κ2) is 3.36. The van der Waals surface area contributed by atoms with Crippen LogP contribution in [0.25, 0.3) is 0 Å². The minimum absolute atomic E-state index is 0.141. The maximum atomic E-state index is 13.7. The first-order chi connectivity index (χ1) is 5.96. The topological polar surface area (TPSA) is 12.0 Å². The van der Waals surface area contributed by atoms with Crippen LogP contribution in [0, 0.1) is 5.82 Å². The third-order valence-corrected chi connectivity index (χ3v) is 2.08. The van der Waals surface area contributed by atoms with Gasteiger partial charge in [-0.3, -0.25) is 0 Å². The lowest BCUT2D eigenvalue weighted by Gasteiger charge is -2.20. The summed E-state index contributed by atoms with van der Waals surface area (Å²) in [6, 6.07) is 5.44. The molecule has 13 heavy (non-hydrogen) atoms. The summed E-state index contributed by atoms with van der Waals surface area (Å²) in [7, 11) is 1.73. The Kier molecular flexibility index (Phi) is 2.60. The fourth-order valence-electron chi connectivity index (χ4n) is 1.30. The fourth-order valence-corrected chi connectivity index (χ4v) is 1.30. The maximum absolute atomic E-state index is 13.7. The number of hydrogen-bond acceptors (Lipinski definition) is 1. The maximum Gasteiger partial charge on any atom is 0.149 e. The van der Waals surface area contributed by atoms with Crippen LogP contribution in [0.5, 0.6) is 0 Å². The van der Waals surface area contributed by atoms with E-state index in [1.54, 1.807) is 13.1 Å². The van der Waals surface area contributed by atoms with Crippen LogP contribution in [0.3, 0.4) is 0 Å². The van der Waals surface area contributed by atoms with E-state index in [1.165, 1.54) is 0 Å². The predicted octanol–water partition coefficient (Wildman–Crippen LogP) is 3.16. The van der Waals surface area contributed by atoms with E-state index in [0.29, 0.717) is 5.69 Å². The third-order valence-electron chi connectivity index (χ3n) is 2.08. The molecule has 0 atom stereocenters. The normalized spacial score (nSPS) is 11.5. The van der Waals surface area contributed by atoms with Gasteiger partial charge in [0.2, 0.25) is 0 Å². The van der Waals surface area contributed by atoms with Crippen molar-refractivity contribution in [3.05, 3.63) is 29.6 Å². The average Bonchev–Trinajstić information content (AvgIpc) is 2.02. The first-order valence-corrected chi connectivity index (χ1v) is 4.43. The summed E-state index contributed by atoms with van der Waals surface area (Å²) < 4.78 is 13.7. The van der Waals surface area contributed by atoms with E-state index in [2.05, 4.69) is 5.32 Å². The molecule has 72 valence electrons. The molecule has 0 aromatic heterocycles. The Morgan fingerprint density at radius 1 is 1.23 bits per heavy atom. The minimum Gasteiger partial charge on any atom is -0.386 e. The van der Waals surface area contributed by atoms with Gasteiger partial charge in [0.25, 0.3) is 0 Å². The van der Waals surface area contributed by atoms with Gasteiger partial charge in [-0.05, 0) is 17.0 Å². The van der Waals surface area contributed by atoms with Crippen LogP contribution in [0.15, 0.2) is 18.2 Å². The zero-order chi connectivity index (χ0) is 10.1. The van der Waals surface area contributed by atoms with Gasteiger partial charge in [-0.1, -0.05) is 32.9 Å². The number of halogens is 1. The summed E-state index contributed by atoms with van der Waals surface area (Å²) in [5.41, 5.74) is 1.17. The van der Waals surface area contributed by atoms with Crippen LogP contribution in [0.1, 0.15) is 26.3 Å². The van der Waals surface area contributed by atoms with Crippen LogP contribution >= 0.6 is 0 Å². The highest BCUT2D eigenvalue weighted by Crippen LogP contribution is 2.28. The molecular formula is C11H16FN. The standard InChI is InChI=1S/C11H16FN/c1-11(2,3)8-6-5-7-9(13-4)10(8)12/h5-7,13H,1-4H3. The van der Waals surface area contributed by atoms with Crippen molar-refractivity contribution in [1.82, 2.24) is 0 Å². The first-order valence-electron chi connectivity index (χ1n) is 4.43. The monoisotopic (exact) mass is 181 g/mol. The smallest absolute Gasteiger partial charge is 0.149 e. The lowest BCUT2D eigenvalue weighted by molar-refractivity contribution is 0.525. The van der Waals surface area contributed by atoms with Crippen molar-refractivity contribution in [2.24, 2.45) is 0 Å². The minimum atomic E-state index is -0.142. The number of rotatable bonds is 1. The van der Waals surface area contributed by atoms with Gasteiger partial charge in [-0.15, -0.1) is 0 Å². The van der Waals surface area contributed by atoms with Crippen LogP contribution in [0.4, 0.5) is 10.1 Å². The van der Waals surface area contributed by atoms with Crippen molar-refractivity contribution in [2.45, 2.75) is 26.2 Å². The van der Waals surface area contributed by atoms with E-state index in [0.717, 1.165) is 5.56 Å². The van der Waals surface area contributed by atoms with E-state index < -0.39 is 0 Å². The van der Waals surface area contributed by atoms with Crippen LogP contribution in [-0.2, 0) is 5.41 Å². The molecule has 0 amide bonds. The molecule has 1 rings (SSSR count). The summed E-state index contributed by atoms with van der Waals surface area (Å²) in [6.45, 7) is 6.01.